The molecule has 1 aromatic heterocycles. The zero-order valence-corrected chi connectivity index (χ0v) is 18.6. The second-order valence-electron chi connectivity index (χ2n) is 8.65. The number of halogens is 1. The Morgan fingerprint density at radius 3 is 2.57 bits per heavy atom. The first-order chi connectivity index (χ1) is 14.4. The fourth-order valence-corrected chi connectivity index (χ4v) is 5.17. The van der Waals surface area contributed by atoms with Gasteiger partial charge in [0.25, 0.3) is 0 Å². The third-order valence-corrected chi connectivity index (χ3v) is 6.64. The number of piperazine rings is 1. The van der Waals surface area contributed by atoms with E-state index in [2.05, 4.69) is 46.9 Å². The third-order valence-electron chi connectivity index (χ3n) is 6.11. The number of fused-ring (bicyclic) bond motifs is 4. The standard InChI is InChI=1S/C24H24BrN3O2/c1-14(2)12-27-13-21(29)28-20(24(27)30)11-18-17-5-3-4-6-19(17)26-22(18)23(28)15-7-9-16(25)10-8-15/h3-10,14,20,23,26H,11-13H2,1-2H3/t20-,23?/m0/s1. The van der Waals surface area contributed by atoms with E-state index in [9.17, 15) is 9.59 Å². The average Bonchev–Trinajstić information content (AvgIpc) is 3.09. The van der Waals surface area contributed by atoms with Crippen molar-refractivity contribution < 1.29 is 9.59 Å². The second-order valence-corrected chi connectivity index (χ2v) is 9.57. The fourth-order valence-electron chi connectivity index (χ4n) is 4.91. The highest BCUT2D eigenvalue weighted by Crippen LogP contribution is 2.42. The van der Waals surface area contributed by atoms with Crippen LogP contribution >= 0.6 is 15.9 Å². The van der Waals surface area contributed by atoms with Crippen LogP contribution in [0.4, 0.5) is 0 Å². The molecule has 0 bridgehead atoms. The van der Waals surface area contributed by atoms with E-state index in [1.165, 1.54) is 0 Å². The van der Waals surface area contributed by atoms with Crippen molar-refractivity contribution in [2.75, 3.05) is 13.1 Å². The number of aromatic nitrogens is 1. The predicted octanol–water partition coefficient (Wildman–Crippen LogP) is 4.27. The van der Waals surface area contributed by atoms with Crippen molar-refractivity contribution in [3.05, 3.63) is 69.8 Å². The van der Waals surface area contributed by atoms with Gasteiger partial charge in [0.1, 0.15) is 6.04 Å². The minimum atomic E-state index is -0.467. The van der Waals surface area contributed by atoms with Crippen molar-refractivity contribution in [2.24, 2.45) is 5.92 Å². The summed E-state index contributed by atoms with van der Waals surface area (Å²) in [6.07, 6.45) is 0.547. The van der Waals surface area contributed by atoms with Crippen LogP contribution in [0.5, 0.6) is 0 Å². The maximum absolute atomic E-state index is 13.5. The summed E-state index contributed by atoms with van der Waals surface area (Å²) < 4.78 is 0.986. The lowest BCUT2D eigenvalue weighted by Crippen LogP contribution is -2.63. The smallest absolute Gasteiger partial charge is 0.246 e. The molecule has 0 radical (unpaired) electrons. The van der Waals surface area contributed by atoms with E-state index in [1.807, 2.05) is 41.3 Å². The van der Waals surface area contributed by atoms with Crippen molar-refractivity contribution in [2.45, 2.75) is 32.4 Å². The van der Waals surface area contributed by atoms with E-state index in [0.29, 0.717) is 18.9 Å². The van der Waals surface area contributed by atoms with Crippen LogP contribution in [0.25, 0.3) is 10.9 Å². The maximum Gasteiger partial charge on any atom is 0.246 e. The Bertz CT molecular complexity index is 1140. The number of rotatable bonds is 3. The Hall–Kier alpha value is -2.60. The molecule has 2 aromatic carbocycles. The van der Waals surface area contributed by atoms with Crippen LogP contribution in [0.2, 0.25) is 0 Å². The highest BCUT2D eigenvalue weighted by molar-refractivity contribution is 9.10. The maximum atomic E-state index is 13.5. The predicted molar refractivity (Wildman–Crippen MR) is 120 cm³/mol. The molecule has 2 aliphatic heterocycles. The molecule has 1 fully saturated rings. The molecule has 0 saturated carbocycles. The molecule has 2 amide bonds. The Kier molecular flexibility index (Phi) is 4.69. The van der Waals surface area contributed by atoms with Gasteiger partial charge in [-0.2, -0.15) is 0 Å². The molecule has 1 saturated heterocycles. The first-order valence-electron chi connectivity index (χ1n) is 10.4. The number of carbonyl (C=O) groups is 2. The van der Waals surface area contributed by atoms with Crippen molar-refractivity contribution in [3.8, 4) is 0 Å². The lowest BCUT2D eigenvalue weighted by Gasteiger charge is -2.47. The molecule has 0 spiro atoms. The number of nitrogens with one attached hydrogen (secondary N) is 1. The quantitative estimate of drug-likeness (QED) is 0.627. The van der Waals surface area contributed by atoms with Gasteiger partial charge in [-0.3, -0.25) is 9.59 Å². The Balaban J connectivity index is 1.68. The van der Waals surface area contributed by atoms with Gasteiger partial charge >= 0.3 is 0 Å². The lowest BCUT2D eigenvalue weighted by molar-refractivity contribution is -0.159. The second kappa shape index (κ2) is 7.27. The van der Waals surface area contributed by atoms with Gasteiger partial charge in [-0.15, -0.1) is 0 Å². The van der Waals surface area contributed by atoms with Crippen LogP contribution in [0.3, 0.4) is 0 Å². The number of amides is 2. The molecule has 6 heteroatoms. The molecule has 154 valence electrons. The summed E-state index contributed by atoms with van der Waals surface area (Å²) in [7, 11) is 0. The van der Waals surface area contributed by atoms with E-state index in [-0.39, 0.29) is 24.4 Å². The number of hydrogen-bond donors (Lipinski definition) is 1. The van der Waals surface area contributed by atoms with Gasteiger partial charge < -0.3 is 14.8 Å². The summed E-state index contributed by atoms with van der Waals surface area (Å²) in [4.78, 5) is 33.9. The first-order valence-corrected chi connectivity index (χ1v) is 11.2. The molecular weight excluding hydrogens is 442 g/mol. The Morgan fingerprint density at radius 2 is 1.83 bits per heavy atom. The highest BCUT2D eigenvalue weighted by atomic mass is 79.9. The van der Waals surface area contributed by atoms with Crippen molar-refractivity contribution >= 4 is 38.6 Å². The molecule has 5 nitrogen and oxygen atoms in total. The zero-order valence-electron chi connectivity index (χ0n) is 17.1. The zero-order chi connectivity index (χ0) is 21.0. The van der Waals surface area contributed by atoms with Crippen molar-refractivity contribution in [1.29, 1.82) is 0 Å². The molecule has 3 heterocycles. The molecule has 0 aliphatic carbocycles. The largest absolute Gasteiger partial charge is 0.356 e. The van der Waals surface area contributed by atoms with Gasteiger partial charge in [-0.25, -0.2) is 0 Å². The number of hydrogen-bond acceptors (Lipinski definition) is 2. The van der Waals surface area contributed by atoms with E-state index in [4.69, 9.17) is 0 Å². The summed E-state index contributed by atoms with van der Waals surface area (Å²) in [6, 6.07) is 15.5. The van der Waals surface area contributed by atoms with E-state index < -0.39 is 6.04 Å². The van der Waals surface area contributed by atoms with Gasteiger partial charge in [0.15, 0.2) is 0 Å². The molecule has 2 aliphatic rings. The van der Waals surface area contributed by atoms with Gasteiger partial charge in [0, 0.05) is 34.0 Å². The highest BCUT2D eigenvalue weighted by Gasteiger charge is 2.48. The Labute approximate surface area is 184 Å². The van der Waals surface area contributed by atoms with E-state index in [0.717, 1.165) is 32.2 Å². The van der Waals surface area contributed by atoms with Crippen LogP contribution in [-0.2, 0) is 16.0 Å². The molecule has 5 rings (SSSR count). The topological polar surface area (TPSA) is 56.4 Å². The average molecular weight is 466 g/mol. The van der Waals surface area contributed by atoms with Gasteiger partial charge in [-0.05, 0) is 35.2 Å². The Morgan fingerprint density at radius 1 is 1.10 bits per heavy atom. The minimum Gasteiger partial charge on any atom is -0.356 e. The number of H-pyrrole nitrogens is 1. The SMILES string of the molecule is CC(C)CN1CC(=O)N2C(c3ccc(Br)cc3)c3[nH]c4ccccc4c3C[C@H]2C1=O. The van der Waals surface area contributed by atoms with Gasteiger partial charge in [0.05, 0.1) is 12.6 Å². The normalized spacial score (nSPS) is 21.3. The number of nitrogens with zero attached hydrogens (tertiary/aromatic N) is 2. The van der Waals surface area contributed by atoms with Crippen LogP contribution in [-0.4, -0.2) is 45.7 Å². The summed E-state index contributed by atoms with van der Waals surface area (Å²) in [6.45, 7) is 4.91. The summed E-state index contributed by atoms with van der Waals surface area (Å²) in [5.74, 6) is 0.390. The number of aromatic amines is 1. The fraction of sp³-hybridized carbons (Fsp3) is 0.333. The van der Waals surface area contributed by atoms with Crippen LogP contribution in [0.1, 0.15) is 36.7 Å². The molecule has 30 heavy (non-hydrogen) atoms. The molecule has 1 N–H and O–H groups in total. The van der Waals surface area contributed by atoms with Crippen LogP contribution < -0.4 is 0 Å². The first kappa shape index (κ1) is 19.4. The van der Waals surface area contributed by atoms with Gasteiger partial charge in [0.2, 0.25) is 11.8 Å². The molecule has 2 atom stereocenters. The monoisotopic (exact) mass is 465 g/mol. The van der Waals surface area contributed by atoms with E-state index >= 15 is 0 Å². The molecule has 1 unspecified atom stereocenters. The van der Waals surface area contributed by atoms with E-state index in [1.54, 1.807) is 4.90 Å². The number of carbonyl (C=O) groups excluding carboxylic acids is 2. The minimum absolute atomic E-state index is 0.0116. The number of para-hydroxylation sites is 1. The van der Waals surface area contributed by atoms with Crippen LogP contribution in [0.15, 0.2) is 53.0 Å². The van der Waals surface area contributed by atoms with Crippen molar-refractivity contribution in [1.82, 2.24) is 14.8 Å². The lowest BCUT2D eigenvalue weighted by atomic mass is 9.86. The summed E-state index contributed by atoms with van der Waals surface area (Å²) in [5, 5.41) is 1.13. The van der Waals surface area contributed by atoms with Gasteiger partial charge in [-0.1, -0.05) is 60.1 Å². The van der Waals surface area contributed by atoms with Crippen LogP contribution in [0, 0.1) is 5.92 Å². The van der Waals surface area contributed by atoms with Crippen molar-refractivity contribution in [3.63, 3.8) is 0 Å². The molecular formula is C24H24BrN3O2. The third kappa shape index (κ3) is 3.05. The summed E-state index contributed by atoms with van der Waals surface area (Å²) in [5.41, 5.74) is 4.22. The molecule has 3 aromatic rings. The summed E-state index contributed by atoms with van der Waals surface area (Å²) >= 11 is 3.50. The number of benzene rings is 2.